The van der Waals surface area contributed by atoms with Crippen molar-refractivity contribution in [1.29, 1.82) is 0 Å². The summed E-state index contributed by atoms with van der Waals surface area (Å²) in [6, 6.07) is 5.95. The molecule has 7 nitrogen and oxygen atoms in total. The summed E-state index contributed by atoms with van der Waals surface area (Å²) in [5, 5.41) is 23.8. The fraction of sp³-hybridized carbons (Fsp3) is 0.100. The van der Waals surface area contributed by atoms with Crippen LogP contribution in [-0.4, -0.2) is 19.8 Å². The summed E-state index contributed by atoms with van der Waals surface area (Å²) >= 11 is 0. The molecule has 7 heteroatoms. The molecule has 0 amide bonds. The van der Waals surface area contributed by atoms with Gasteiger partial charge in [-0.05, 0) is 12.1 Å². The van der Waals surface area contributed by atoms with E-state index in [0.29, 0.717) is 0 Å². The van der Waals surface area contributed by atoms with Crippen molar-refractivity contribution in [3.8, 4) is 17.4 Å². The Morgan fingerprint density at radius 3 is 2.94 bits per heavy atom. The maximum Gasteiger partial charge on any atom is 0.350 e. The van der Waals surface area contributed by atoms with Crippen molar-refractivity contribution in [3.63, 3.8) is 0 Å². The minimum Gasteiger partial charge on any atom is -0.508 e. The standard InChI is InChI=1S/C10H9N3O4/c1-12-6-9(13(15)16)10(11-12)17-8-4-2-3-7(14)5-8/h2-6,14H,1H3. The Labute approximate surface area is 96.0 Å². The highest BCUT2D eigenvalue weighted by molar-refractivity contribution is 5.42. The van der Waals surface area contributed by atoms with Crippen molar-refractivity contribution in [2.24, 2.45) is 7.05 Å². The van der Waals surface area contributed by atoms with Gasteiger partial charge in [-0.2, -0.15) is 0 Å². The van der Waals surface area contributed by atoms with Gasteiger partial charge < -0.3 is 9.84 Å². The SMILES string of the molecule is Cn1cc([N+](=O)[O-])c(Oc2cccc(O)c2)n1. The van der Waals surface area contributed by atoms with E-state index in [1.54, 1.807) is 19.2 Å². The largest absolute Gasteiger partial charge is 0.508 e. The van der Waals surface area contributed by atoms with Crippen LogP contribution in [0.25, 0.3) is 0 Å². The lowest BCUT2D eigenvalue weighted by molar-refractivity contribution is -0.385. The molecule has 1 N–H and O–H groups in total. The van der Waals surface area contributed by atoms with Gasteiger partial charge >= 0.3 is 11.6 Å². The van der Waals surface area contributed by atoms with Crippen molar-refractivity contribution in [2.75, 3.05) is 0 Å². The van der Waals surface area contributed by atoms with Gasteiger partial charge in [0.15, 0.2) is 0 Å². The Balaban J connectivity index is 2.32. The average molecular weight is 235 g/mol. The number of benzene rings is 1. The van der Waals surface area contributed by atoms with Crippen LogP contribution in [0.2, 0.25) is 0 Å². The van der Waals surface area contributed by atoms with E-state index < -0.39 is 4.92 Å². The van der Waals surface area contributed by atoms with Crippen LogP contribution in [0.1, 0.15) is 0 Å². The second-order valence-corrected chi connectivity index (χ2v) is 3.35. The fourth-order valence-corrected chi connectivity index (χ4v) is 1.31. The van der Waals surface area contributed by atoms with E-state index in [2.05, 4.69) is 5.10 Å². The lowest BCUT2D eigenvalue weighted by atomic mass is 10.3. The maximum atomic E-state index is 10.7. The molecule has 0 saturated carbocycles. The molecule has 1 heterocycles. The molecule has 0 aliphatic rings. The van der Waals surface area contributed by atoms with Crippen LogP contribution in [0.15, 0.2) is 30.5 Å². The molecule has 1 aromatic carbocycles. The number of hydrogen-bond donors (Lipinski definition) is 1. The Bertz CT molecular complexity index is 564. The first-order chi connectivity index (χ1) is 8.06. The lowest BCUT2D eigenvalue weighted by Gasteiger charge is -2.01. The van der Waals surface area contributed by atoms with Gasteiger partial charge in [-0.1, -0.05) is 6.07 Å². The van der Waals surface area contributed by atoms with E-state index in [1.807, 2.05) is 0 Å². The molecule has 0 spiro atoms. The molecular formula is C10H9N3O4. The third-order valence-electron chi connectivity index (χ3n) is 2.01. The zero-order valence-corrected chi connectivity index (χ0v) is 8.90. The van der Waals surface area contributed by atoms with E-state index in [4.69, 9.17) is 4.74 Å². The van der Waals surface area contributed by atoms with Crippen LogP contribution in [0.4, 0.5) is 5.69 Å². The van der Waals surface area contributed by atoms with Crippen molar-refractivity contribution < 1.29 is 14.8 Å². The second kappa shape index (κ2) is 4.12. The van der Waals surface area contributed by atoms with Crippen LogP contribution >= 0.6 is 0 Å². The minimum atomic E-state index is -0.578. The van der Waals surface area contributed by atoms with E-state index in [-0.39, 0.29) is 23.1 Å². The number of rotatable bonds is 3. The van der Waals surface area contributed by atoms with Gasteiger partial charge in [0.1, 0.15) is 17.7 Å². The van der Waals surface area contributed by atoms with Crippen molar-refractivity contribution in [1.82, 2.24) is 9.78 Å². The van der Waals surface area contributed by atoms with Gasteiger partial charge in [0.2, 0.25) is 0 Å². The molecular weight excluding hydrogens is 226 g/mol. The molecule has 0 radical (unpaired) electrons. The lowest BCUT2D eigenvalue weighted by Crippen LogP contribution is -1.91. The molecule has 0 aliphatic heterocycles. The van der Waals surface area contributed by atoms with Crippen molar-refractivity contribution >= 4 is 5.69 Å². The number of nitro groups is 1. The van der Waals surface area contributed by atoms with Crippen LogP contribution in [0.3, 0.4) is 0 Å². The zero-order chi connectivity index (χ0) is 12.4. The van der Waals surface area contributed by atoms with E-state index in [9.17, 15) is 15.2 Å². The molecule has 2 rings (SSSR count). The van der Waals surface area contributed by atoms with Crippen LogP contribution < -0.4 is 4.74 Å². The zero-order valence-electron chi connectivity index (χ0n) is 8.90. The number of ether oxygens (including phenoxy) is 1. The summed E-state index contributed by atoms with van der Waals surface area (Å²) in [5.74, 6) is 0.191. The first kappa shape index (κ1) is 10.9. The van der Waals surface area contributed by atoms with Gasteiger partial charge in [-0.25, -0.2) is 0 Å². The number of aromatic nitrogens is 2. The van der Waals surface area contributed by atoms with Gasteiger partial charge in [0, 0.05) is 13.1 Å². The number of hydrogen-bond acceptors (Lipinski definition) is 5. The van der Waals surface area contributed by atoms with E-state index in [0.717, 1.165) is 0 Å². The summed E-state index contributed by atoms with van der Waals surface area (Å²) in [6.45, 7) is 0. The first-order valence-corrected chi connectivity index (χ1v) is 4.71. The van der Waals surface area contributed by atoms with E-state index >= 15 is 0 Å². The summed E-state index contributed by atoms with van der Waals surface area (Å²) in [5.41, 5.74) is -0.226. The molecule has 0 aliphatic carbocycles. The summed E-state index contributed by atoms with van der Waals surface area (Å²) in [6.07, 6.45) is 1.25. The third kappa shape index (κ3) is 2.33. The molecule has 1 aromatic heterocycles. The van der Waals surface area contributed by atoms with Gasteiger partial charge in [-0.3, -0.25) is 14.8 Å². The van der Waals surface area contributed by atoms with Crippen molar-refractivity contribution in [3.05, 3.63) is 40.6 Å². The highest BCUT2D eigenvalue weighted by atomic mass is 16.6. The molecule has 88 valence electrons. The van der Waals surface area contributed by atoms with Crippen LogP contribution in [-0.2, 0) is 7.05 Å². The highest BCUT2D eigenvalue weighted by Crippen LogP contribution is 2.30. The van der Waals surface area contributed by atoms with Crippen LogP contribution in [0.5, 0.6) is 17.4 Å². The smallest absolute Gasteiger partial charge is 0.350 e. The molecule has 2 aromatic rings. The molecule has 0 fully saturated rings. The van der Waals surface area contributed by atoms with Crippen LogP contribution in [0, 0.1) is 10.1 Å². The van der Waals surface area contributed by atoms with Gasteiger partial charge in [0.25, 0.3) is 0 Å². The topological polar surface area (TPSA) is 90.4 Å². The average Bonchev–Trinajstić information content (AvgIpc) is 2.59. The monoisotopic (exact) mass is 235 g/mol. The predicted molar refractivity (Wildman–Crippen MR) is 58.0 cm³/mol. The Kier molecular flexibility index (Phi) is 2.65. The first-order valence-electron chi connectivity index (χ1n) is 4.71. The van der Waals surface area contributed by atoms with Gasteiger partial charge in [-0.15, -0.1) is 5.10 Å². The third-order valence-corrected chi connectivity index (χ3v) is 2.01. The number of phenolic OH excluding ortho intramolecular Hbond substituents is 1. The maximum absolute atomic E-state index is 10.7. The number of aryl methyl sites for hydroxylation is 1. The number of phenols is 1. The Morgan fingerprint density at radius 1 is 1.53 bits per heavy atom. The van der Waals surface area contributed by atoms with E-state index in [1.165, 1.54) is 23.0 Å². The normalized spacial score (nSPS) is 10.2. The minimum absolute atomic E-state index is 0.0149. The molecule has 0 bridgehead atoms. The Morgan fingerprint density at radius 2 is 2.29 bits per heavy atom. The molecule has 0 atom stereocenters. The molecule has 17 heavy (non-hydrogen) atoms. The number of aromatic hydroxyl groups is 1. The summed E-state index contributed by atoms with van der Waals surface area (Å²) in [7, 11) is 1.56. The van der Waals surface area contributed by atoms with Gasteiger partial charge in [0.05, 0.1) is 4.92 Å². The fourth-order valence-electron chi connectivity index (χ4n) is 1.31. The second-order valence-electron chi connectivity index (χ2n) is 3.35. The molecule has 0 saturated heterocycles. The predicted octanol–water partition coefficient (Wildman–Crippen LogP) is 1.83. The quantitative estimate of drug-likeness (QED) is 0.647. The number of nitrogens with zero attached hydrogens (tertiary/aromatic N) is 3. The highest BCUT2D eigenvalue weighted by Gasteiger charge is 2.20. The summed E-state index contributed by atoms with van der Waals surface area (Å²) < 4.78 is 6.53. The summed E-state index contributed by atoms with van der Waals surface area (Å²) in [4.78, 5) is 10.1. The molecule has 0 unspecified atom stereocenters. The Hall–Kier alpha value is -2.57. The van der Waals surface area contributed by atoms with Crippen molar-refractivity contribution in [2.45, 2.75) is 0 Å².